The molecule has 1 rings (SSSR count). The minimum atomic E-state index is -0.584. The zero-order valence-electron chi connectivity index (χ0n) is 8.59. The zero-order valence-corrected chi connectivity index (χ0v) is 10.2. The number of ether oxygens (including phenoxy) is 1. The van der Waals surface area contributed by atoms with E-state index in [1.165, 1.54) is 6.07 Å². The van der Waals surface area contributed by atoms with Crippen LogP contribution in [0.25, 0.3) is 0 Å². The summed E-state index contributed by atoms with van der Waals surface area (Å²) in [5, 5.41) is 8.61. The van der Waals surface area contributed by atoms with Crippen molar-refractivity contribution in [3.05, 3.63) is 33.5 Å². The number of nitrogens with zero attached hydrogens (tertiary/aromatic N) is 1. The molecule has 0 unspecified atom stereocenters. The van der Waals surface area contributed by atoms with Gasteiger partial charge in [-0.05, 0) is 19.1 Å². The van der Waals surface area contributed by atoms with Crippen LogP contribution in [0.5, 0.6) is 0 Å². The average molecular weight is 286 g/mol. The molecule has 0 fully saturated rings. The number of benzene rings is 1. The van der Waals surface area contributed by atoms with E-state index < -0.39 is 11.8 Å². The van der Waals surface area contributed by atoms with E-state index in [4.69, 9.17) is 10.00 Å². The van der Waals surface area contributed by atoms with Gasteiger partial charge in [0.1, 0.15) is 5.82 Å². The maximum absolute atomic E-state index is 13.5. The molecule has 0 aliphatic rings. The first-order valence-corrected chi connectivity index (χ1v) is 5.41. The van der Waals surface area contributed by atoms with Crippen LogP contribution in [0.2, 0.25) is 0 Å². The lowest BCUT2D eigenvalue weighted by molar-refractivity contribution is -0.142. The van der Waals surface area contributed by atoms with E-state index in [0.29, 0.717) is 4.47 Å². The molecule has 0 bridgehead atoms. The van der Waals surface area contributed by atoms with Gasteiger partial charge in [0.2, 0.25) is 0 Å². The van der Waals surface area contributed by atoms with Crippen LogP contribution < -0.4 is 0 Å². The standard InChI is InChI=1S/C11H9BrFNO2/c1-2-16-11(15)5-8-9(12)3-7(6-14)4-10(8)13/h3-4H,2,5H2,1H3. The van der Waals surface area contributed by atoms with Crippen molar-refractivity contribution in [1.82, 2.24) is 0 Å². The van der Waals surface area contributed by atoms with Crippen molar-refractivity contribution >= 4 is 21.9 Å². The summed E-state index contributed by atoms with van der Waals surface area (Å²) in [5.74, 6) is -1.08. The van der Waals surface area contributed by atoms with Crippen molar-refractivity contribution in [2.24, 2.45) is 0 Å². The quantitative estimate of drug-likeness (QED) is 0.802. The number of hydrogen-bond acceptors (Lipinski definition) is 3. The van der Waals surface area contributed by atoms with Crippen molar-refractivity contribution < 1.29 is 13.9 Å². The van der Waals surface area contributed by atoms with Crippen LogP contribution in [0.3, 0.4) is 0 Å². The summed E-state index contributed by atoms with van der Waals surface area (Å²) < 4.78 is 18.6. The maximum atomic E-state index is 13.5. The minimum absolute atomic E-state index is 0.147. The molecule has 0 aliphatic carbocycles. The molecule has 1 aromatic carbocycles. The molecule has 0 spiro atoms. The first kappa shape index (κ1) is 12.7. The van der Waals surface area contributed by atoms with Gasteiger partial charge in [-0.15, -0.1) is 0 Å². The summed E-state index contributed by atoms with van der Waals surface area (Å²) in [6.45, 7) is 1.94. The van der Waals surface area contributed by atoms with Gasteiger partial charge in [-0.3, -0.25) is 4.79 Å². The normalized spacial score (nSPS) is 9.62. The van der Waals surface area contributed by atoms with Crippen molar-refractivity contribution in [3.8, 4) is 6.07 Å². The molecule has 16 heavy (non-hydrogen) atoms. The molecule has 5 heteroatoms. The van der Waals surface area contributed by atoms with Gasteiger partial charge in [0.25, 0.3) is 0 Å². The molecule has 0 amide bonds. The van der Waals surface area contributed by atoms with Gasteiger partial charge in [-0.2, -0.15) is 5.26 Å². The largest absolute Gasteiger partial charge is 0.466 e. The summed E-state index contributed by atoms with van der Waals surface area (Å²) in [5.41, 5.74) is 0.412. The average Bonchev–Trinajstić information content (AvgIpc) is 2.23. The molecule has 0 heterocycles. The summed E-state index contributed by atoms with van der Waals surface area (Å²) in [6, 6.07) is 4.39. The Morgan fingerprint density at radius 2 is 2.31 bits per heavy atom. The maximum Gasteiger partial charge on any atom is 0.310 e. The molecule has 0 aromatic heterocycles. The number of carbonyl (C=O) groups excluding carboxylic acids is 1. The lowest BCUT2D eigenvalue weighted by Gasteiger charge is -2.06. The molecule has 0 N–H and O–H groups in total. The topological polar surface area (TPSA) is 50.1 Å². The highest BCUT2D eigenvalue weighted by Crippen LogP contribution is 2.22. The number of carbonyl (C=O) groups is 1. The van der Waals surface area contributed by atoms with Crippen molar-refractivity contribution in [3.63, 3.8) is 0 Å². The molecule has 0 aliphatic heterocycles. The van der Waals surface area contributed by atoms with Gasteiger partial charge in [-0.25, -0.2) is 4.39 Å². The van der Waals surface area contributed by atoms with Gasteiger partial charge in [-0.1, -0.05) is 15.9 Å². The van der Waals surface area contributed by atoms with Gasteiger partial charge >= 0.3 is 5.97 Å². The molecule has 84 valence electrons. The molecular formula is C11H9BrFNO2. The SMILES string of the molecule is CCOC(=O)Cc1c(F)cc(C#N)cc1Br. The Hall–Kier alpha value is -1.41. The van der Waals surface area contributed by atoms with Crippen molar-refractivity contribution in [1.29, 1.82) is 5.26 Å². The Morgan fingerprint density at radius 1 is 1.62 bits per heavy atom. The zero-order chi connectivity index (χ0) is 12.1. The van der Waals surface area contributed by atoms with E-state index in [1.54, 1.807) is 6.92 Å². The van der Waals surface area contributed by atoms with E-state index in [-0.39, 0.29) is 24.2 Å². The predicted octanol–water partition coefficient (Wildman–Crippen LogP) is 2.57. The van der Waals surface area contributed by atoms with Gasteiger partial charge in [0.05, 0.1) is 24.7 Å². The van der Waals surface area contributed by atoms with E-state index in [2.05, 4.69) is 15.9 Å². The Morgan fingerprint density at radius 3 is 2.81 bits per heavy atom. The molecule has 0 atom stereocenters. The monoisotopic (exact) mass is 285 g/mol. The number of rotatable bonds is 3. The van der Waals surface area contributed by atoms with Gasteiger partial charge in [0.15, 0.2) is 0 Å². The van der Waals surface area contributed by atoms with Crippen molar-refractivity contribution in [2.45, 2.75) is 13.3 Å². The van der Waals surface area contributed by atoms with Crippen molar-refractivity contribution in [2.75, 3.05) is 6.61 Å². The van der Waals surface area contributed by atoms with Crippen LogP contribution >= 0.6 is 15.9 Å². The van der Waals surface area contributed by atoms with Crippen LogP contribution in [-0.2, 0) is 16.0 Å². The van der Waals surface area contributed by atoms with E-state index in [0.717, 1.165) is 6.07 Å². The second-order valence-electron chi connectivity index (χ2n) is 3.01. The third kappa shape index (κ3) is 3.04. The lowest BCUT2D eigenvalue weighted by atomic mass is 10.1. The van der Waals surface area contributed by atoms with E-state index in [1.807, 2.05) is 6.07 Å². The van der Waals surface area contributed by atoms with Crippen LogP contribution in [0.4, 0.5) is 4.39 Å². The van der Waals surface area contributed by atoms with E-state index in [9.17, 15) is 9.18 Å². The highest BCUT2D eigenvalue weighted by atomic mass is 79.9. The van der Waals surface area contributed by atoms with Gasteiger partial charge < -0.3 is 4.74 Å². The molecule has 0 radical (unpaired) electrons. The van der Waals surface area contributed by atoms with Crippen LogP contribution in [-0.4, -0.2) is 12.6 Å². The number of esters is 1. The highest BCUT2D eigenvalue weighted by Gasteiger charge is 2.13. The predicted molar refractivity (Wildman–Crippen MR) is 59.2 cm³/mol. The number of halogens is 2. The Balaban J connectivity index is 2.98. The smallest absolute Gasteiger partial charge is 0.310 e. The fourth-order valence-corrected chi connectivity index (χ4v) is 1.77. The van der Waals surface area contributed by atoms with Crippen LogP contribution in [0.15, 0.2) is 16.6 Å². The molecule has 0 saturated carbocycles. The Bertz CT molecular complexity index is 431. The molecule has 1 aromatic rings. The second-order valence-corrected chi connectivity index (χ2v) is 3.87. The summed E-state index contributed by atoms with van der Waals surface area (Å²) in [6.07, 6.45) is -0.147. The van der Waals surface area contributed by atoms with Crippen LogP contribution in [0, 0.1) is 17.1 Å². The molecular weight excluding hydrogens is 277 g/mol. The fraction of sp³-hybridized carbons (Fsp3) is 0.273. The summed E-state index contributed by atoms with van der Waals surface area (Å²) in [4.78, 5) is 11.2. The summed E-state index contributed by atoms with van der Waals surface area (Å²) in [7, 11) is 0. The highest BCUT2D eigenvalue weighted by molar-refractivity contribution is 9.10. The second kappa shape index (κ2) is 5.61. The Labute approximate surface area is 101 Å². The van der Waals surface area contributed by atoms with Gasteiger partial charge in [0, 0.05) is 10.0 Å². The third-order valence-electron chi connectivity index (χ3n) is 1.90. The third-order valence-corrected chi connectivity index (χ3v) is 2.60. The minimum Gasteiger partial charge on any atom is -0.466 e. The molecule has 3 nitrogen and oxygen atoms in total. The Kier molecular flexibility index (Phi) is 4.44. The first-order chi connectivity index (χ1) is 7.58. The number of nitriles is 1. The number of hydrogen-bond donors (Lipinski definition) is 0. The summed E-state index contributed by atoms with van der Waals surface area (Å²) >= 11 is 3.12. The van der Waals surface area contributed by atoms with E-state index >= 15 is 0 Å². The lowest BCUT2D eigenvalue weighted by Crippen LogP contribution is -2.09. The molecule has 0 saturated heterocycles. The first-order valence-electron chi connectivity index (χ1n) is 4.62. The van der Waals surface area contributed by atoms with Crippen LogP contribution in [0.1, 0.15) is 18.1 Å². The fourth-order valence-electron chi connectivity index (χ4n) is 1.19.